The number of aliphatic hydroxyl groups is 2. The van der Waals surface area contributed by atoms with Gasteiger partial charge in [-0.05, 0) is 30.7 Å². The fourth-order valence-electron chi connectivity index (χ4n) is 3.09. The molecule has 0 fully saturated rings. The molecule has 13 heteroatoms. The summed E-state index contributed by atoms with van der Waals surface area (Å²) in [4.78, 5) is 41.5. The Morgan fingerprint density at radius 2 is 1.82 bits per heavy atom. The first kappa shape index (κ1) is 23.6. The standard InChI is InChI=1S/C20H24N8O5/c1-28(9-11-8-23-17-15(24-11)16(21)26-20(22)27-17)12-4-2-10(3-5-12)18(31)25-13(19(32)33)6-7-14(29)30/h2-5,8,13,19,32-33H,6-7,9H2,1H3,(H,25,31)(H,29,30)(H4,21,22,23,26,27). The SMILES string of the molecule is CN(Cc1cnc2nc(N)nc(N)c2n1)c1ccc(C(=O)NC(CCC(=O)O)C(O)O)cc1. The lowest BCUT2D eigenvalue weighted by Gasteiger charge is -2.21. The maximum Gasteiger partial charge on any atom is 0.303 e. The highest BCUT2D eigenvalue weighted by molar-refractivity contribution is 5.94. The van der Waals surface area contributed by atoms with Crippen LogP contribution in [0.4, 0.5) is 17.5 Å². The Labute approximate surface area is 188 Å². The lowest BCUT2D eigenvalue weighted by atomic mass is 10.1. The van der Waals surface area contributed by atoms with Gasteiger partial charge in [-0.25, -0.2) is 9.97 Å². The topological polar surface area (TPSA) is 214 Å². The minimum Gasteiger partial charge on any atom is -0.481 e. The highest BCUT2D eigenvalue weighted by Crippen LogP contribution is 2.19. The summed E-state index contributed by atoms with van der Waals surface area (Å²) in [6, 6.07) is 5.46. The molecule has 2 heterocycles. The largest absolute Gasteiger partial charge is 0.481 e. The maximum atomic E-state index is 12.4. The molecule has 1 amide bonds. The monoisotopic (exact) mass is 456 g/mol. The van der Waals surface area contributed by atoms with Crippen molar-refractivity contribution in [2.75, 3.05) is 23.4 Å². The Morgan fingerprint density at radius 3 is 2.45 bits per heavy atom. The van der Waals surface area contributed by atoms with Crippen molar-refractivity contribution in [3.63, 3.8) is 0 Å². The molecule has 0 spiro atoms. The van der Waals surface area contributed by atoms with Gasteiger partial charge in [-0.3, -0.25) is 9.59 Å². The number of aliphatic carboxylic acids is 1. The van der Waals surface area contributed by atoms with E-state index in [0.29, 0.717) is 23.4 Å². The number of carboxylic acids is 1. The van der Waals surface area contributed by atoms with Crippen molar-refractivity contribution in [2.24, 2.45) is 0 Å². The Hall–Kier alpha value is -4.10. The van der Waals surface area contributed by atoms with E-state index in [9.17, 15) is 19.8 Å². The first-order valence-corrected chi connectivity index (χ1v) is 9.88. The number of carbonyl (C=O) groups is 2. The van der Waals surface area contributed by atoms with E-state index in [1.54, 1.807) is 30.5 Å². The van der Waals surface area contributed by atoms with Gasteiger partial charge in [-0.2, -0.15) is 9.97 Å². The number of carbonyl (C=O) groups excluding carboxylic acids is 1. The predicted octanol–water partition coefficient (Wildman–Crippen LogP) is -0.505. The van der Waals surface area contributed by atoms with Crippen molar-refractivity contribution in [1.82, 2.24) is 25.3 Å². The molecule has 33 heavy (non-hydrogen) atoms. The molecular formula is C20H24N8O5. The van der Waals surface area contributed by atoms with Gasteiger partial charge in [0, 0.05) is 24.7 Å². The molecule has 8 N–H and O–H groups in total. The molecule has 0 saturated heterocycles. The normalized spacial score (nSPS) is 12.0. The number of nitrogens with zero attached hydrogens (tertiary/aromatic N) is 5. The summed E-state index contributed by atoms with van der Waals surface area (Å²) >= 11 is 0. The molecule has 0 saturated carbocycles. The van der Waals surface area contributed by atoms with Gasteiger partial charge < -0.3 is 37.0 Å². The number of aliphatic hydroxyl groups excluding tert-OH is 1. The van der Waals surface area contributed by atoms with Crippen LogP contribution in [0.1, 0.15) is 28.9 Å². The number of nitrogen functional groups attached to an aromatic ring is 2. The molecule has 1 unspecified atom stereocenters. The van der Waals surface area contributed by atoms with Gasteiger partial charge >= 0.3 is 5.97 Å². The van der Waals surface area contributed by atoms with Gasteiger partial charge in [0.1, 0.15) is 0 Å². The van der Waals surface area contributed by atoms with Crippen LogP contribution >= 0.6 is 0 Å². The number of amides is 1. The van der Waals surface area contributed by atoms with Crippen LogP contribution in [0.25, 0.3) is 11.2 Å². The van der Waals surface area contributed by atoms with Crippen LogP contribution in [0.2, 0.25) is 0 Å². The third-order valence-corrected chi connectivity index (χ3v) is 4.82. The van der Waals surface area contributed by atoms with Crippen LogP contribution < -0.4 is 21.7 Å². The number of nitrogens with one attached hydrogen (secondary N) is 1. The van der Waals surface area contributed by atoms with Crippen LogP contribution in [-0.2, 0) is 11.3 Å². The summed E-state index contributed by atoms with van der Waals surface area (Å²) in [6.07, 6.45) is -0.745. The molecular weight excluding hydrogens is 432 g/mol. The summed E-state index contributed by atoms with van der Waals surface area (Å²) in [5, 5.41) is 30.0. The highest BCUT2D eigenvalue weighted by Gasteiger charge is 2.21. The van der Waals surface area contributed by atoms with E-state index in [1.165, 1.54) is 0 Å². The number of fused-ring (bicyclic) bond motifs is 1. The number of hydrogen-bond acceptors (Lipinski definition) is 11. The van der Waals surface area contributed by atoms with Crippen LogP contribution in [0.15, 0.2) is 30.5 Å². The van der Waals surface area contributed by atoms with Crippen molar-refractivity contribution >= 4 is 40.5 Å². The van der Waals surface area contributed by atoms with Gasteiger partial charge in [0.2, 0.25) is 5.95 Å². The van der Waals surface area contributed by atoms with E-state index in [2.05, 4.69) is 25.3 Å². The zero-order chi connectivity index (χ0) is 24.1. The second-order valence-corrected chi connectivity index (χ2v) is 7.33. The Morgan fingerprint density at radius 1 is 1.12 bits per heavy atom. The van der Waals surface area contributed by atoms with Gasteiger partial charge in [-0.1, -0.05) is 0 Å². The van der Waals surface area contributed by atoms with Crippen molar-refractivity contribution in [1.29, 1.82) is 0 Å². The molecule has 1 aromatic carbocycles. The van der Waals surface area contributed by atoms with Crippen molar-refractivity contribution in [3.05, 3.63) is 41.7 Å². The zero-order valence-electron chi connectivity index (χ0n) is 17.7. The van der Waals surface area contributed by atoms with Crippen molar-refractivity contribution in [3.8, 4) is 0 Å². The molecule has 0 aliphatic carbocycles. The molecule has 0 bridgehead atoms. The molecule has 1 atom stereocenters. The minimum absolute atomic E-state index is 0.0185. The second-order valence-electron chi connectivity index (χ2n) is 7.33. The lowest BCUT2D eigenvalue weighted by molar-refractivity contribution is -0.137. The summed E-state index contributed by atoms with van der Waals surface area (Å²) in [7, 11) is 1.83. The van der Waals surface area contributed by atoms with Gasteiger partial charge in [0.25, 0.3) is 5.91 Å². The van der Waals surface area contributed by atoms with Crippen molar-refractivity contribution < 1.29 is 24.9 Å². The number of anilines is 3. The number of rotatable bonds is 9. The summed E-state index contributed by atoms with van der Waals surface area (Å²) in [5.41, 5.74) is 13.7. The summed E-state index contributed by atoms with van der Waals surface area (Å²) in [6.45, 7) is 0.381. The molecule has 0 aliphatic heterocycles. The number of aromatic nitrogens is 4. The molecule has 0 aliphatic rings. The van der Waals surface area contributed by atoms with Crippen LogP contribution in [-0.4, -0.2) is 66.5 Å². The van der Waals surface area contributed by atoms with Crippen LogP contribution in [0.5, 0.6) is 0 Å². The number of carboxylic acid groups (broad SMARTS) is 1. The zero-order valence-corrected chi connectivity index (χ0v) is 17.7. The third kappa shape index (κ3) is 5.99. The smallest absolute Gasteiger partial charge is 0.303 e. The van der Waals surface area contributed by atoms with E-state index in [1.807, 2.05) is 11.9 Å². The average Bonchev–Trinajstić information content (AvgIpc) is 2.76. The summed E-state index contributed by atoms with van der Waals surface area (Å²) < 4.78 is 0. The average molecular weight is 456 g/mol. The van der Waals surface area contributed by atoms with E-state index in [0.717, 1.165) is 5.69 Å². The van der Waals surface area contributed by atoms with Crippen molar-refractivity contribution in [2.45, 2.75) is 31.7 Å². The van der Waals surface area contributed by atoms with E-state index >= 15 is 0 Å². The number of hydrogen-bond donors (Lipinski definition) is 6. The molecule has 174 valence electrons. The fourth-order valence-corrected chi connectivity index (χ4v) is 3.09. The lowest BCUT2D eigenvalue weighted by Crippen LogP contribution is -2.43. The minimum atomic E-state index is -1.88. The first-order valence-electron chi connectivity index (χ1n) is 9.88. The number of benzene rings is 1. The predicted molar refractivity (Wildman–Crippen MR) is 119 cm³/mol. The molecule has 0 radical (unpaired) electrons. The fraction of sp³-hybridized carbons (Fsp3) is 0.300. The molecule has 2 aromatic heterocycles. The first-order chi connectivity index (χ1) is 15.6. The molecule has 3 rings (SSSR count). The van der Waals surface area contributed by atoms with Gasteiger partial charge in [-0.15, -0.1) is 0 Å². The van der Waals surface area contributed by atoms with E-state index < -0.39 is 24.2 Å². The maximum absolute atomic E-state index is 12.4. The van der Waals surface area contributed by atoms with E-state index in [4.69, 9.17) is 16.6 Å². The Bertz CT molecular complexity index is 1160. The van der Waals surface area contributed by atoms with E-state index in [-0.39, 0.29) is 30.2 Å². The van der Waals surface area contributed by atoms with Crippen LogP contribution in [0.3, 0.4) is 0 Å². The highest BCUT2D eigenvalue weighted by atomic mass is 16.5. The second kappa shape index (κ2) is 10.0. The quantitative estimate of drug-likeness (QED) is 0.225. The number of nitrogens with two attached hydrogens (primary N) is 2. The van der Waals surface area contributed by atoms with Gasteiger partial charge in [0.05, 0.1) is 24.5 Å². The Balaban J connectivity index is 1.67. The van der Waals surface area contributed by atoms with Gasteiger partial charge in [0.15, 0.2) is 23.3 Å². The third-order valence-electron chi connectivity index (χ3n) is 4.82. The Kier molecular flexibility index (Phi) is 7.15. The summed E-state index contributed by atoms with van der Waals surface area (Å²) in [5.74, 6) is -1.50. The molecule has 13 nitrogen and oxygen atoms in total. The van der Waals surface area contributed by atoms with Crippen LogP contribution in [0, 0.1) is 0 Å². The molecule has 3 aromatic rings.